The van der Waals surface area contributed by atoms with E-state index in [1.165, 1.54) is 12.8 Å². The number of rotatable bonds is 5. The van der Waals surface area contributed by atoms with Gasteiger partial charge >= 0.3 is 0 Å². The van der Waals surface area contributed by atoms with Crippen molar-refractivity contribution in [3.63, 3.8) is 0 Å². The van der Waals surface area contributed by atoms with Gasteiger partial charge < -0.3 is 14.2 Å². The summed E-state index contributed by atoms with van der Waals surface area (Å²) in [5.41, 5.74) is -0.359. The van der Waals surface area contributed by atoms with Crippen LogP contribution in [0.15, 0.2) is 0 Å². The average molecular weight is 375 g/mol. The number of ether oxygens (including phenoxy) is 3. The average Bonchev–Trinajstić information content (AvgIpc) is 3.28. The molecule has 0 radical (unpaired) electrons. The SMILES string of the molecule is C#CC[C@]1(C)C[C@@H](OCOC)[C@]23C[C@@H]2CCC2(CC[C@@H](OC)C23)[C@@H](C)C1=O. The lowest BCUT2D eigenvalue weighted by Crippen LogP contribution is -2.57. The molecule has 4 aliphatic rings. The third-order valence-corrected chi connectivity index (χ3v) is 8.89. The summed E-state index contributed by atoms with van der Waals surface area (Å²) in [5, 5.41) is 0. The molecule has 0 aliphatic heterocycles. The first-order valence-electron chi connectivity index (χ1n) is 10.5. The second kappa shape index (κ2) is 6.58. The number of ketones is 1. The molecule has 4 rings (SSSR count). The fourth-order valence-electron chi connectivity index (χ4n) is 7.61. The minimum absolute atomic E-state index is 0.0117. The van der Waals surface area contributed by atoms with E-state index >= 15 is 0 Å². The standard InChI is InChI=1S/C23H34O4/c1-6-9-21(3)13-18(27-14-25-4)23-12-16(23)7-10-22(15(2)20(21)24)11-8-17(26-5)19(22)23/h1,15-19H,7-14H2,2-5H3/t15-,16-,17+,18+,19?,21+,22?,23-/m0/s1. The van der Waals surface area contributed by atoms with E-state index in [9.17, 15) is 4.79 Å². The van der Waals surface area contributed by atoms with E-state index < -0.39 is 5.41 Å². The fraction of sp³-hybridized carbons (Fsp3) is 0.870. The molecule has 1 spiro atoms. The van der Waals surface area contributed by atoms with Gasteiger partial charge in [0.2, 0.25) is 0 Å². The summed E-state index contributed by atoms with van der Waals surface area (Å²) in [6.45, 7) is 4.51. The Bertz CT molecular complexity index is 653. The van der Waals surface area contributed by atoms with Crippen molar-refractivity contribution in [3.8, 4) is 12.3 Å². The zero-order valence-electron chi connectivity index (χ0n) is 17.3. The lowest BCUT2D eigenvalue weighted by molar-refractivity contribution is -0.181. The summed E-state index contributed by atoms with van der Waals surface area (Å²) in [7, 11) is 3.50. The second-order valence-corrected chi connectivity index (χ2v) is 9.87. The van der Waals surface area contributed by atoms with Gasteiger partial charge in [-0.2, -0.15) is 0 Å². The van der Waals surface area contributed by atoms with Crippen LogP contribution >= 0.6 is 0 Å². The molecule has 0 heterocycles. The zero-order valence-corrected chi connectivity index (χ0v) is 17.3. The van der Waals surface area contributed by atoms with Gasteiger partial charge in [0.25, 0.3) is 0 Å². The van der Waals surface area contributed by atoms with Crippen LogP contribution in [0.4, 0.5) is 0 Å². The molecule has 4 nitrogen and oxygen atoms in total. The number of terminal acetylenes is 1. The number of Topliss-reactive ketones (excluding diaryl/α,β-unsaturated/α-hetero) is 1. The summed E-state index contributed by atoms with van der Waals surface area (Å²) in [5.74, 6) is 4.25. The van der Waals surface area contributed by atoms with Gasteiger partial charge in [-0.1, -0.05) is 13.8 Å². The molecule has 0 aromatic carbocycles. The van der Waals surface area contributed by atoms with E-state index in [0.29, 0.717) is 30.5 Å². The largest absolute Gasteiger partial charge is 0.381 e. The van der Waals surface area contributed by atoms with Crippen molar-refractivity contribution in [2.24, 2.45) is 34.0 Å². The van der Waals surface area contributed by atoms with Crippen molar-refractivity contribution in [2.75, 3.05) is 21.0 Å². The van der Waals surface area contributed by atoms with Crippen molar-refractivity contribution in [2.45, 2.75) is 71.0 Å². The molecule has 4 heteroatoms. The number of hydrogen-bond donors (Lipinski definition) is 0. The Morgan fingerprint density at radius 2 is 1.96 bits per heavy atom. The van der Waals surface area contributed by atoms with Gasteiger partial charge in [-0.15, -0.1) is 12.3 Å². The number of carbonyl (C=O) groups excluding carboxylic acids is 1. The summed E-state index contributed by atoms with van der Waals surface area (Å²) in [4.78, 5) is 13.8. The maximum Gasteiger partial charge on any atom is 0.146 e. The van der Waals surface area contributed by atoms with Crippen molar-refractivity contribution in [1.82, 2.24) is 0 Å². The molecule has 0 aromatic rings. The molecular weight excluding hydrogens is 340 g/mol. The van der Waals surface area contributed by atoms with Gasteiger partial charge in [0.1, 0.15) is 12.6 Å². The Morgan fingerprint density at radius 3 is 2.63 bits per heavy atom. The summed E-state index contributed by atoms with van der Waals surface area (Å²) >= 11 is 0. The van der Waals surface area contributed by atoms with Gasteiger partial charge in [0.05, 0.1) is 12.2 Å². The van der Waals surface area contributed by atoms with Gasteiger partial charge in [0.15, 0.2) is 0 Å². The first-order valence-corrected chi connectivity index (χ1v) is 10.5. The Morgan fingerprint density at radius 1 is 1.22 bits per heavy atom. The van der Waals surface area contributed by atoms with Gasteiger partial charge in [-0.05, 0) is 55.8 Å². The predicted molar refractivity (Wildman–Crippen MR) is 103 cm³/mol. The van der Waals surface area contributed by atoms with E-state index in [1.54, 1.807) is 7.11 Å². The first kappa shape index (κ1) is 19.4. The van der Waals surface area contributed by atoms with Crippen molar-refractivity contribution >= 4 is 5.78 Å². The van der Waals surface area contributed by atoms with Gasteiger partial charge in [-0.25, -0.2) is 0 Å². The maximum absolute atomic E-state index is 13.8. The van der Waals surface area contributed by atoms with Crippen LogP contribution < -0.4 is 0 Å². The molecule has 0 saturated heterocycles. The highest BCUT2D eigenvalue weighted by atomic mass is 16.7. The van der Waals surface area contributed by atoms with Gasteiger partial charge in [0, 0.05) is 37.4 Å². The van der Waals surface area contributed by atoms with Crippen LogP contribution in [-0.4, -0.2) is 39.0 Å². The molecule has 0 amide bonds. The van der Waals surface area contributed by atoms with Crippen LogP contribution in [0.2, 0.25) is 0 Å². The normalized spacial score (nSPS) is 50.9. The molecule has 4 aliphatic carbocycles. The highest BCUT2D eigenvalue weighted by Crippen LogP contribution is 2.78. The molecule has 8 atom stereocenters. The Labute approximate surface area is 163 Å². The number of carbonyl (C=O) groups is 1. The van der Waals surface area contributed by atoms with E-state index in [4.69, 9.17) is 20.6 Å². The van der Waals surface area contributed by atoms with Crippen LogP contribution in [0.5, 0.6) is 0 Å². The lowest BCUT2D eigenvalue weighted by Gasteiger charge is -2.55. The van der Waals surface area contributed by atoms with Crippen LogP contribution in [0.25, 0.3) is 0 Å². The molecule has 2 bridgehead atoms. The van der Waals surface area contributed by atoms with Crippen LogP contribution in [0.1, 0.15) is 58.8 Å². The van der Waals surface area contributed by atoms with E-state index in [2.05, 4.69) is 19.8 Å². The van der Waals surface area contributed by atoms with Gasteiger partial charge in [-0.3, -0.25) is 4.79 Å². The summed E-state index contributed by atoms with van der Waals surface area (Å²) < 4.78 is 17.6. The molecule has 2 unspecified atom stereocenters. The Hall–Kier alpha value is -0.890. The predicted octanol–water partition coefficient (Wildman–Crippen LogP) is 3.83. The molecule has 27 heavy (non-hydrogen) atoms. The van der Waals surface area contributed by atoms with Crippen molar-refractivity contribution in [3.05, 3.63) is 0 Å². The molecular formula is C23H34O4. The summed E-state index contributed by atoms with van der Waals surface area (Å²) in [6.07, 6.45) is 12.8. The zero-order chi connectivity index (χ0) is 19.4. The Kier molecular flexibility index (Phi) is 4.73. The maximum atomic E-state index is 13.8. The molecule has 0 aromatic heterocycles. The molecule has 4 fully saturated rings. The third kappa shape index (κ3) is 2.51. The van der Waals surface area contributed by atoms with Crippen molar-refractivity contribution in [1.29, 1.82) is 0 Å². The number of methoxy groups -OCH3 is 2. The molecule has 4 saturated carbocycles. The number of hydrogen-bond acceptors (Lipinski definition) is 4. The Balaban J connectivity index is 1.83. The fourth-order valence-corrected chi connectivity index (χ4v) is 7.61. The highest BCUT2D eigenvalue weighted by Gasteiger charge is 2.76. The van der Waals surface area contributed by atoms with Crippen LogP contribution in [0.3, 0.4) is 0 Å². The smallest absolute Gasteiger partial charge is 0.146 e. The third-order valence-electron chi connectivity index (χ3n) is 8.89. The van der Waals surface area contributed by atoms with Crippen LogP contribution in [0, 0.1) is 46.3 Å². The van der Waals surface area contributed by atoms with Crippen LogP contribution in [-0.2, 0) is 19.0 Å². The molecule has 0 N–H and O–H groups in total. The lowest BCUT2D eigenvalue weighted by atomic mass is 9.50. The van der Waals surface area contributed by atoms with Crippen molar-refractivity contribution < 1.29 is 19.0 Å². The highest BCUT2D eigenvalue weighted by molar-refractivity contribution is 5.88. The van der Waals surface area contributed by atoms with E-state index in [-0.39, 0.29) is 35.7 Å². The topological polar surface area (TPSA) is 44.8 Å². The van der Waals surface area contributed by atoms with E-state index in [0.717, 1.165) is 19.3 Å². The minimum atomic E-state index is -0.521. The first-order chi connectivity index (χ1) is 12.9. The quantitative estimate of drug-likeness (QED) is 0.542. The summed E-state index contributed by atoms with van der Waals surface area (Å²) in [6, 6.07) is 0. The monoisotopic (exact) mass is 374 g/mol. The molecule has 150 valence electrons. The van der Waals surface area contributed by atoms with E-state index in [1.807, 2.05) is 7.11 Å². The second-order valence-electron chi connectivity index (χ2n) is 9.87. The minimum Gasteiger partial charge on any atom is -0.381 e.